The molecule has 0 unspecified atom stereocenters. The van der Waals surface area contributed by atoms with E-state index >= 15 is 0 Å². The Hall–Kier alpha value is -2.18. The molecule has 3 heterocycles. The SMILES string of the molecule is O=C(c1cc(-c2ccccc2)no1)N1CCOCC2(CCOCC2)C1. The molecule has 1 amide bonds. The Morgan fingerprint density at radius 2 is 1.88 bits per heavy atom. The molecule has 4 rings (SSSR count). The first kappa shape index (κ1) is 16.3. The van der Waals surface area contributed by atoms with Crippen LogP contribution in [-0.2, 0) is 9.47 Å². The lowest BCUT2D eigenvalue weighted by Crippen LogP contribution is -2.44. The summed E-state index contributed by atoms with van der Waals surface area (Å²) in [5.74, 6) is 0.161. The number of amides is 1. The van der Waals surface area contributed by atoms with Crippen molar-refractivity contribution in [3.8, 4) is 11.3 Å². The van der Waals surface area contributed by atoms with E-state index in [0.29, 0.717) is 32.0 Å². The first-order valence-corrected chi connectivity index (χ1v) is 8.73. The minimum absolute atomic E-state index is 0.00725. The van der Waals surface area contributed by atoms with E-state index in [1.807, 2.05) is 35.2 Å². The molecule has 0 atom stereocenters. The highest BCUT2D eigenvalue weighted by atomic mass is 16.5. The van der Waals surface area contributed by atoms with Gasteiger partial charge in [-0.1, -0.05) is 35.5 Å². The predicted molar refractivity (Wildman–Crippen MR) is 91.1 cm³/mol. The van der Waals surface area contributed by atoms with Crippen molar-refractivity contribution < 1.29 is 18.8 Å². The molecule has 2 fully saturated rings. The van der Waals surface area contributed by atoms with Gasteiger partial charge in [-0.25, -0.2) is 0 Å². The normalized spacial score (nSPS) is 20.4. The molecule has 1 spiro atoms. The van der Waals surface area contributed by atoms with E-state index in [-0.39, 0.29) is 17.1 Å². The van der Waals surface area contributed by atoms with Crippen LogP contribution in [0.25, 0.3) is 11.3 Å². The Morgan fingerprint density at radius 1 is 1.08 bits per heavy atom. The minimum Gasteiger partial charge on any atom is -0.381 e. The molecule has 2 aliphatic heterocycles. The number of benzene rings is 1. The summed E-state index contributed by atoms with van der Waals surface area (Å²) in [6, 6.07) is 11.4. The molecule has 1 aromatic carbocycles. The minimum atomic E-state index is -0.119. The largest absolute Gasteiger partial charge is 0.381 e. The summed E-state index contributed by atoms with van der Waals surface area (Å²) in [4.78, 5) is 14.8. The summed E-state index contributed by atoms with van der Waals surface area (Å²) in [7, 11) is 0. The summed E-state index contributed by atoms with van der Waals surface area (Å²) >= 11 is 0. The van der Waals surface area contributed by atoms with E-state index in [1.54, 1.807) is 6.07 Å². The maximum absolute atomic E-state index is 12.9. The van der Waals surface area contributed by atoms with E-state index in [2.05, 4.69) is 5.16 Å². The Labute approximate surface area is 146 Å². The molecule has 1 aromatic heterocycles. The molecule has 6 nitrogen and oxygen atoms in total. The smallest absolute Gasteiger partial charge is 0.292 e. The van der Waals surface area contributed by atoms with Crippen LogP contribution in [0, 0.1) is 5.41 Å². The maximum Gasteiger partial charge on any atom is 0.292 e. The third-order valence-corrected chi connectivity index (χ3v) is 5.07. The fourth-order valence-corrected chi connectivity index (χ4v) is 3.55. The second-order valence-electron chi connectivity index (χ2n) is 6.83. The molecule has 6 heteroatoms. The van der Waals surface area contributed by atoms with Crippen molar-refractivity contribution in [1.82, 2.24) is 10.1 Å². The first-order chi connectivity index (χ1) is 12.3. The topological polar surface area (TPSA) is 64.8 Å². The first-order valence-electron chi connectivity index (χ1n) is 8.73. The van der Waals surface area contributed by atoms with E-state index in [0.717, 1.165) is 31.6 Å². The Bertz CT molecular complexity index is 722. The van der Waals surface area contributed by atoms with Crippen molar-refractivity contribution >= 4 is 5.91 Å². The van der Waals surface area contributed by atoms with Crippen LogP contribution in [0.15, 0.2) is 40.9 Å². The van der Waals surface area contributed by atoms with E-state index in [1.165, 1.54) is 0 Å². The molecule has 2 aliphatic rings. The van der Waals surface area contributed by atoms with Gasteiger partial charge in [0.05, 0.1) is 13.2 Å². The lowest BCUT2D eigenvalue weighted by molar-refractivity contribution is -0.0305. The number of rotatable bonds is 2. The number of carbonyl (C=O) groups is 1. The van der Waals surface area contributed by atoms with Crippen molar-refractivity contribution in [1.29, 1.82) is 0 Å². The van der Waals surface area contributed by atoms with Crippen LogP contribution in [0.5, 0.6) is 0 Å². The summed E-state index contributed by atoms with van der Waals surface area (Å²) in [6.45, 7) is 3.94. The highest BCUT2D eigenvalue weighted by molar-refractivity contribution is 5.92. The lowest BCUT2D eigenvalue weighted by atomic mass is 9.80. The number of hydrogen-bond acceptors (Lipinski definition) is 5. The second kappa shape index (κ2) is 6.98. The van der Waals surface area contributed by atoms with Crippen LogP contribution in [0.2, 0.25) is 0 Å². The number of aromatic nitrogens is 1. The lowest BCUT2D eigenvalue weighted by Gasteiger charge is -2.38. The average Bonchev–Trinajstić information content (AvgIpc) is 3.07. The van der Waals surface area contributed by atoms with Gasteiger partial charge in [-0.15, -0.1) is 0 Å². The Morgan fingerprint density at radius 3 is 2.68 bits per heavy atom. The molecule has 132 valence electrons. The standard InChI is InChI=1S/C19H22N2O4/c22-18(17-12-16(20-25-17)15-4-2-1-3-5-15)21-8-11-24-14-19(13-21)6-9-23-10-7-19/h1-5,12H,6-11,13-14H2. The van der Waals surface area contributed by atoms with Gasteiger partial charge in [-0.2, -0.15) is 0 Å². The Balaban J connectivity index is 1.52. The molecular formula is C19H22N2O4. The highest BCUT2D eigenvalue weighted by Crippen LogP contribution is 2.34. The van der Waals surface area contributed by atoms with Gasteiger partial charge >= 0.3 is 0 Å². The maximum atomic E-state index is 12.9. The number of ether oxygens (including phenoxy) is 2. The van der Waals surface area contributed by atoms with Crippen LogP contribution in [0.3, 0.4) is 0 Å². The average molecular weight is 342 g/mol. The van der Waals surface area contributed by atoms with E-state index < -0.39 is 0 Å². The molecule has 0 radical (unpaired) electrons. The van der Waals surface area contributed by atoms with Gasteiger partial charge in [-0.3, -0.25) is 4.79 Å². The highest BCUT2D eigenvalue weighted by Gasteiger charge is 2.38. The van der Waals surface area contributed by atoms with Crippen LogP contribution < -0.4 is 0 Å². The molecular weight excluding hydrogens is 320 g/mol. The number of nitrogens with zero attached hydrogens (tertiary/aromatic N) is 2. The van der Waals surface area contributed by atoms with Crippen molar-refractivity contribution in [2.24, 2.45) is 5.41 Å². The van der Waals surface area contributed by atoms with E-state index in [4.69, 9.17) is 14.0 Å². The zero-order valence-corrected chi connectivity index (χ0v) is 14.1. The van der Waals surface area contributed by atoms with Crippen LogP contribution in [0.4, 0.5) is 0 Å². The summed E-state index contributed by atoms with van der Waals surface area (Å²) < 4.78 is 16.6. The zero-order chi connectivity index (χ0) is 17.1. The van der Waals surface area contributed by atoms with Gasteiger partial charge in [0.15, 0.2) is 0 Å². The van der Waals surface area contributed by atoms with Crippen molar-refractivity contribution in [2.75, 3.05) is 39.5 Å². The van der Waals surface area contributed by atoms with Crippen LogP contribution in [0.1, 0.15) is 23.4 Å². The van der Waals surface area contributed by atoms with Gasteiger partial charge in [-0.05, 0) is 12.8 Å². The fourth-order valence-electron chi connectivity index (χ4n) is 3.55. The van der Waals surface area contributed by atoms with Gasteiger partial charge in [0.1, 0.15) is 5.69 Å². The molecule has 0 saturated carbocycles. The van der Waals surface area contributed by atoms with Gasteiger partial charge in [0.25, 0.3) is 5.91 Å². The van der Waals surface area contributed by atoms with Crippen LogP contribution >= 0.6 is 0 Å². The number of hydrogen-bond donors (Lipinski definition) is 0. The van der Waals surface area contributed by atoms with Crippen LogP contribution in [-0.4, -0.2) is 55.5 Å². The zero-order valence-electron chi connectivity index (χ0n) is 14.1. The van der Waals surface area contributed by atoms with Gasteiger partial charge in [0.2, 0.25) is 5.76 Å². The second-order valence-corrected chi connectivity index (χ2v) is 6.83. The van der Waals surface area contributed by atoms with E-state index in [9.17, 15) is 4.79 Å². The molecule has 0 N–H and O–H groups in total. The molecule has 0 aliphatic carbocycles. The molecule has 0 bridgehead atoms. The van der Waals surface area contributed by atoms with Gasteiger partial charge < -0.3 is 18.9 Å². The third kappa shape index (κ3) is 3.45. The fraction of sp³-hybridized carbons (Fsp3) is 0.474. The van der Waals surface area contributed by atoms with Crippen molar-refractivity contribution in [3.63, 3.8) is 0 Å². The van der Waals surface area contributed by atoms with Crippen molar-refractivity contribution in [2.45, 2.75) is 12.8 Å². The third-order valence-electron chi connectivity index (χ3n) is 5.07. The van der Waals surface area contributed by atoms with Crippen molar-refractivity contribution in [3.05, 3.63) is 42.2 Å². The predicted octanol–water partition coefficient (Wildman–Crippen LogP) is 2.61. The molecule has 2 saturated heterocycles. The summed E-state index contributed by atoms with van der Waals surface area (Å²) in [5, 5.41) is 4.06. The quantitative estimate of drug-likeness (QED) is 0.839. The molecule has 2 aromatic rings. The Kier molecular flexibility index (Phi) is 4.55. The summed E-state index contributed by atoms with van der Waals surface area (Å²) in [6.07, 6.45) is 1.84. The van der Waals surface area contributed by atoms with Gasteiger partial charge in [0, 0.05) is 43.3 Å². The monoisotopic (exact) mass is 342 g/mol. The molecule has 25 heavy (non-hydrogen) atoms. The summed E-state index contributed by atoms with van der Waals surface area (Å²) in [5.41, 5.74) is 1.60. The number of carbonyl (C=O) groups excluding carboxylic acids is 1.